The van der Waals surface area contributed by atoms with Crippen molar-refractivity contribution in [3.63, 3.8) is 0 Å². The van der Waals surface area contributed by atoms with Gasteiger partial charge in [-0.05, 0) is 16.7 Å². The third-order valence-corrected chi connectivity index (χ3v) is 4.31. The van der Waals surface area contributed by atoms with Gasteiger partial charge in [0.15, 0.2) is 0 Å². The zero-order valence-electron chi connectivity index (χ0n) is 14.3. The van der Waals surface area contributed by atoms with Gasteiger partial charge < -0.3 is 15.0 Å². The number of hydrogen-bond donors (Lipinski definition) is 1. The second-order valence-corrected chi connectivity index (χ2v) is 6.12. The SMILES string of the molecule is COCc1cccc(CC(=O)N2CCNC(=O)[C@H]2c2ccccc2)c1. The van der Waals surface area contributed by atoms with Crippen LogP contribution in [0.25, 0.3) is 0 Å². The van der Waals surface area contributed by atoms with E-state index in [4.69, 9.17) is 4.74 Å². The Bertz CT molecular complexity index is 746. The van der Waals surface area contributed by atoms with Crippen LogP contribution in [0.4, 0.5) is 0 Å². The van der Waals surface area contributed by atoms with Crippen molar-refractivity contribution in [3.8, 4) is 0 Å². The van der Waals surface area contributed by atoms with Gasteiger partial charge in [0, 0.05) is 20.2 Å². The van der Waals surface area contributed by atoms with Gasteiger partial charge in [0.25, 0.3) is 0 Å². The molecule has 5 nitrogen and oxygen atoms in total. The summed E-state index contributed by atoms with van der Waals surface area (Å²) in [7, 11) is 1.65. The number of carbonyl (C=O) groups is 2. The summed E-state index contributed by atoms with van der Waals surface area (Å²) >= 11 is 0. The lowest BCUT2D eigenvalue weighted by Gasteiger charge is -2.35. The van der Waals surface area contributed by atoms with Gasteiger partial charge in [-0.15, -0.1) is 0 Å². The van der Waals surface area contributed by atoms with E-state index < -0.39 is 6.04 Å². The number of hydrogen-bond acceptors (Lipinski definition) is 3. The van der Waals surface area contributed by atoms with Crippen LogP contribution in [-0.4, -0.2) is 36.9 Å². The first-order chi connectivity index (χ1) is 12.2. The summed E-state index contributed by atoms with van der Waals surface area (Å²) in [6.45, 7) is 1.51. The molecule has 1 aliphatic heterocycles. The fourth-order valence-electron chi connectivity index (χ4n) is 3.17. The number of benzene rings is 2. The smallest absolute Gasteiger partial charge is 0.247 e. The van der Waals surface area contributed by atoms with E-state index in [0.29, 0.717) is 19.7 Å². The maximum atomic E-state index is 12.9. The van der Waals surface area contributed by atoms with Gasteiger partial charge >= 0.3 is 0 Å². The van der Waals surface area contributed by atoms with Crippen molar-refractivity contribution in [3.05, 3.63) is 71.3 Å². The highest BCUT2D eigenvalue weighted by molar-refractivity contribution is 5.90. The Morgan fingerprint density at radius 3 is 2.68 bits per heavy atom. The summed E-state index contributed by atoms with van der Waals surface area (Å²) in [6.07, 6.45) is 0.272. The Morgan fingerprint density at radius 1 is 1.16 bits per heavy atom. The first-order valence-corrected chi connectivity index (χ1v) is 8.38. The molecule has 0 spiro atoms. The number of nitrogens with zero attached hydrogens (tertiary/aromatic N) is 1. The lowest BCUT2D eigenvalue weighted by Crippen LogP contribution is -2.52. The zero-order valence-corrected chi connectivity index (χ0v) is 14.3. The second kappa shape index (κ2) is 7.94. The van der Waals surface area contributed by atoms with Crippen molar-refractivity contribution in [2.75, 3.05) is 20.2 Å². The highest BCUT2D eigenvalue weighted by Gasteiger charge is 2.33. The van der Waals surface area contributed by atoms with Crippen molar-refractivity contribution in [2.45, 2.75) is 19.1 Å². The van der Waals surface area contributed by atoms with E-state index in [9.17, 15) is 9.59 Å². The summed E-state index contributed by atoms with van der Waals surface area (Å²) in [5, 5.41) is 2.86. The second-order valence-electron chi connectivity index (χ2n) is 6.12. The average Bonchev–Trinajstić information content (AvgIpc) is 2.63. The fourth-order valence-corrected chi connectivity index (χ4v) is 3.17. The van der Waals surface area contributed by atoms with Crippen molar-refractivity contribution >= 4 is 11.8 Å². The third-order valence-electron chi connectivity index (χ3n) is 4.31. The van der Waals surface area contributed by atoms with Gasteiger partial charge in [0.1, 0.15) is 6.04 Å². The van der Waals surface area contributed by atoms with Crippen LogP contribution in [0.2, 0.25) is 0 Å². The Labute approximate surface area is 147 Å². The monoisotopic (exact) mass is 338 g/mol. The number of carbonyl (C=O) groups excluding carboxylic acids is 2. The third kappa shape index (κ3) is 4.06. The topological polar surface area (TPSA) is 58.6 Å². The van der Waals surface area contributed by atoms with Gasteiger partial charge in [-0.1, -0.05) is 54.6 Å². The quantitative estimate of drug-likeness (QED) is 0.908. The molecule has 1 saturated heterocycles. The maximum absolute atomic E-state index is 12.9. The van der Waals surface area contributed by atoms with E-state index in [1.54, 1.807) is 12.0 Å². The van der Waals surface area contributed by atoms with Gasteiger partial charge in [-0.2, -0.15) is 0 Å². The molecule has 0 saturated carbocycles. The molecule has 2 aromatic carbocycles. The first-order valence-electron chi connectivity index (χ1n) is 8.38. The molecule has 1 aliphatic rings. The highest BCUT2D eigenvalue weighted by Crippen LogP contribution is 2.24. The predicted octanol–water partition coefficient (Wildman–Crippen LogP) is 2.08. The molecular formula is C20H22N2O3. The van der Waals surface area contributed by atoms with Crippen molar-refractivity contribution in [2.24, 2.45) is 0 Å². The molecule has 2 amide bonds. The summed E-state index contributed by atoms with van der Waals surface area (Å²) in [4.78, 5) is 26.9. The highest BCUT2D eigenvalue weighted by atomic mass is 16.5. The van der Waals surface area contributed by atoms with Crippen LogP contribution >= 0.6 is 0 Å². The van der Waals surface area contributed by atoms with E-state index >= 15 is 0 Å². The van der Waals surface area contributed by atoms with Crippen LogP contribution in [0.3, 0.4) is 0 Å². The Morgan fingerprint density at radius 2 is 1.92 bits per heavy atom. The van der Waals surface area contributed by atoms with Gasteiger partial charge in [0.05, 0.1) is 13.0 Å². The Balaban J connectivity index is 1.79. The van der Waals surface area contributed by atoms with Gasteiger partial charge in [-0.25, -0.2) is 0 Å². The summed E-state index contributed by atoms with van der Waals surface area (Å²) < 4.78 is 5.14. The molecule has 1 N–H and O–H groups in total. The van der Waals surface area contributed by atoms with Crippen LogP contribution in [0.5, 0.6) is 0 Å². The number of piperazine rings is 1. The summed E-state index contributed by atoms with van der Waals surface area (Å²) in [5.74, 6) is -0.169. The maximum Gasteiger partial charge on any atom is 0.247 e. The number of methoxy groups -OCH3 is 1. The van der Waals surface area contributed by atoms with E-state index in [-0.39, 0.29) is 18.2 Å². The number of amides is 2. The summed E-state index contributed by atoms with van der Waals surface area (Å²) in [5.41, 5.74) is 2.79. The van der Waals surface area contributed by atoms with E-state index in [1.807, 2.05) is 54.6 Å². The molecule has 5 heteroatoms. The van der Waals surface area contributed by atoms with Crippen LogP contribution in [0.15, 0.2) is 54.6 Å². The molecule has 25 heavy (non-hydrogen) atoms. The van der Waals surface area contributed by atoms with Crippen LogP contribution in [0, 0.1) is 0 Å². The fraction of sp³-hybridized carbons (Fsp3) is 0.300. The molecule has 0 aliphatic carbocycles. The lowest BCUT2D eigenvalue weighted by molar-refractivity contribution is -0.143. The van der Waals surface area contributed by atoms with E-state index in [2.05, 4.69) is 5.32 Å². The predicted molar refractivity (Wildman–Crippen MR) is 94.8 cm³/mol. The molecule has 0 radical (unpaired) electrons. The van der Waals surface area contributed by atoms with Crippen molar-refractivity contribution in [1.29, 1.82) is 0 Å². The van der Waals surface area contributed by atoms with Crippen LogP contribution < -0.4 is 5.32 Å². The van der Waals surface area contributed by atoms with Crippen molar-refractivity contribution in [1.82, 2.24) is 10.2 Å². The van der Waals surface area contributed by atoms with E-state index in [0.717, 1.165) is 16.7 Å². The number of rotatable bonds is 5. The molecule has 0 unspecified atom stereocenters. The van der Waals surface area contributed by atoms with Crippen molar-refractivity contribution < 1.29 is 14.3 Å². The average molecular weight is 338 g/mol. The zero-order chi connectivity index (χ0) is 17.6. The minimum Gasteiger partial charge on any atom is -0.380 e. The Kier molecular flexibility index (Phi) is 5.46. The number of ether oxygens (including phenoxy) is 1. The lowest BCUT2D eigenvalue weighted by atomic mass is 10.0. The van der Waals surface area contributed by atoms with E-state index in [1.165, 1.54) is 0 Å². The normalized spacial score (nSPS) is 17.2. The minimum absolute atomic E-state index is 0.0433. The molecule has 1 atom stereocenters. The van der Waals surface area contributed by atoms with Gasteiger partial charge in [-0.3, -0.25) is 9.59 Å². The minimum atomic E-state index is -0.565. The molecular weight excluding hydrogens is 316 g/mol. The van der Waals surface area contributed by atoms with Crippen LogP contribution in [-0.2, 0) is 27.4 Å². The molecule has 3 rings (SSSR count). The van der Waals surface area contributed by atoms with Crippen LogP contribution in [0.1, 0.15) is 22.7 Å². The molecule has 0 aromatic heterocycles. The molecule has 0 bridgehead atoms. The molecule has 1 heterocycles. The Hall–Kier alpha value is -2.66. The standard InChI is InChI=1S/C20H22N2O3/c1-25-14-16-7-5-6-15(12-16)13-18(23)22-11-10-21-20(24)19(22)17-8-3-2-4-9-17/h2-9,12,19H,10-11,13-14H2,1H3,(H,21,24)/t19-/m1/s1. The molecule has 1 fully saturated rings. The largest absolute Gasteiger partial charge is 0.380 e. The summed E-state index contributed by atoms with van der Waals surface area (Å²) in [6, 6.07) is 16.7. The molecule has 130 valence electrons. The number of nitrogens with one attached hydrogen (secondary N) is 1. The molecule has 2 aromatic rings. The van der Waals surface area contributed by atoms with Gasteiger partial charge in [0.2, 0.25) is 11.8 Å². The first kappa shape index (κ1) is 17.2.